The van der Waals surface area contributed by atoms with Gasteiger partial charge >= 0.3 is 5.97 Å². The van der Waals surface area contributed by atoms with Crippen LogP contribution in [0.2, 0.25) is 0 Å². The number of carbonyl (C=O) groups excluding carboxylic acids is 1. The van der Waals surface area contributed by atoms with E-state index < -0.39 is 0 Å². The standard InChI is InChI=1S/C17H28O2/c1-12-7-6-9-17(5)10-8-14(11-15(12)17)16(3,4)19-13(2)18/h14-15H,1,6-11H2,2-5H3/t14-,15+,17-/m1/s1. The Morgan fingerprint density at radius 2 is 2.11 bits per heavy atom. The van der Waals surface area contributed by atoms with E-state index in [1.807, 2.05) is 0 Å². The quantitative estimate of drug-likeness (QED) is 0.542. The van der Waals surface area contributed by atoms with Crippen LogP contribution >= 0.6 is 0 Å². The minimum Gasteiger partial charge on any atom is -0.460 e. The van der Waals surface area contributed by atoms with Gasteiger partial charge in [-0.05, 0) is 69.6 Å². The van der Waals surface area contributed by atoms with Crippen LogP contribution in [0.5, 0.6) is 0 Å². The van der Waals surface area contributed by atoms with Crippen molar-refractivity contribution < 1.29 is 9.53 Å². The lowest BCUT2D eigenvalue weighted by molar-refractivity contribution is -0.162. The van der Waals surface area contributed by atoms with Gasteiger partial charge < -0.3 is 4.74 Å². The maximum absolute atomic E-state index is 11.3. The maximum Gasteiger partial charge on any atom is 0.303 e. The Labute approximate surface area is 117 Å². The van der Waals surface area contributed by atoms with E-state index in [9.17, 15) is 4.79 Å². The molecule has 0 aromatic rings. The topological polar surface area (TPSA) is 26.3 Å². The summed E-state index contributed by atoms with van der Waals surface area (Å²) in [6, 6.07) is 0. The smallest absolute Gasteiger partial charge is 0.303 e. The molecule has 2 saturated carbocycles. The first-order valence-electron chi connectivity index (χ1n) is 7.62. The lowest BCUT2D eigenvalue weighted by Crippen LogP contribution is -2.45. The number of allylic oxidation sites excluding steroid dienone is 1. The Morgan fingerprint density at radius 1 is 1.42 bits per heavy atom. The first kappa shape index (κ1) is 14.6. The van der Waals surface area contributed by atoms with Crippen LogP contribution in [-0.2, 0) is 9.53 Å². The Bertz CT molecular complexity index is 383. The highest BCUT2D eigenvalue weighted by atomic mass is 16.6. The number of hydrogen-bond acceptors (Lipinski definition) is 2. The van der Waals surface area contributed by atoms with E-state index in [1.54, 1.807) is 0 Å². The second kappa shape index (κ2) is 4.96. The number of esters is 1. The molecule has 0 aromatic heterocycles. The lowest BCUT2D eigenvalue weighted by Gasteiger charge is -2.51. The fourth-order valence-corrected chi connectivity index (χ4v) is 4.30. The molecule has 0 bridgehead atoms. The third kappa shape index (κ3) is 2.88. The van der Waals surface area contributed by atoms with Gasteiger partial charge in [-0.1, -0.05) is 19.1 Å². The summed E-state index contributed by atoms with van der Waals surface area (Å²) in [5.74, 6) is 0.917. The summed E-state index contributed by atoms with van der Waals surface area (Å²) in [5.41, 5.74) is 1.53. The lowest BCUT2D eigenvalue weighted by atomic mass is 9.55. The van der Waals surface area contributed by atoms with Crippen LogP contribution < -0.4 is 0 Å². The zero-order chi connectivity index (χ0) is 14.3. The summed E-state index contributed by atoms with van der Waals surface area (Å²) in [7, 11) is 0. The van der Waals surface area contributed by atoms with Gasteiger partial charge in [0.25, 0.3) is 0 Å². The molecule has 2 nitrogen and oxygen atoms in total. The fraction of sp³-hybridized carbons (Fsp3) is 0.824. The van der Waals surface area contributed by atoms with Crippen molar-refractivity contribution in [3.63, 3.8) is 0 Å². The average molecular weight is 264 g/mol. The molecule has 0 unspecified atom stereocenters. The summed E-state index contributed by atoms with van der Waals surface area (Å²) in [4.78, 5) is 11.3. The summed E-state index contributed by atoms with van der Waals surface area (Å²) in [5, 5.41) is 0. The number of rotatable bonds is 2. The highest BCUT2D eigenvalue weighted by Crippen LogP contribution is 2.55. The molecule has 0 heterocycles. The van der Waals surface area contributed by atoms with E-state index in [2.05, 4.69) is 27.4 Å². The molecular formula is C17H28O2. The van der Waals surface area contributed by atoms with Crippen molar-refractivity contribution in [3.8, 4) is 0 Å². The Morgan fingerprint density at radius 3 is 2.74 bits per heavy atom. The Hall–Kier alpha value is -0.790. The number of hydrogen-bond donors (Lipinski definition) is 0. The van der Waals surface area contributed by atoms with Crippen LogP contribution in [0, 0.1) is 17.3 Å². The summed E-state index contributed by atoms with van der Waals surface area (Å²) in [6.45, 7) is 12.4. The second-order valence-electron chi connectivity index (χ2n) is 7.39. The van der Waals surface area contributed by atoms with Crippen LogP contribution in [-0.4, -0.2) is 11.6 Å². The SMILES string of the molecule is C=C1CCC[C@]2(C)CC[C@@H](C(C)(C)OC(C)=O)C[C@@H]12. The van der Waals surface area contributed by atoms with Crippen molar-refractivity contribution in [1.82, 2.24) is 0 Å². The van der Waals surface area contributed by atoms with Crippen LogP contribution in [0.15, 0.2) is 12.2 Å². The molecule has 0 saturated heterocycles. The van der Waals surface area contributed by atoms with Crippen molar-refractivity contribution in [2.45, 2.75) is 71.8 Å². The molecule has 2 rings (SSSR count). The van der Waals surface area contributed by atoms with Crippen LogP contribution in [0.4, 0.5) is 0 Å². The minimum absolute atomic E-state index is 0.166. The molecule has 0 amide bonds. The third-order valence-corrected chi connectivity index (χ3v) is 5.55. The Balaban J connectivity index is 2.12. The summed E-state index contributed by atoms with van der Waals surface area (Å²) in [6.07, 6.45) is 7.35. The molecule has 0 aliphatic heterocycles. The van der Waals surface area contributed by atoms with E-state index in [0.29, 0.717) is 17.3 Å². The fourth-order valence-electron chi connectivity index (χ4n) is 4.30. The Kier molecular flexibility index (Phi) is 3.81. The van der Waals surface area contributed by atoms with E-state index in [0.717, 1.165) is 6.42 Å². The molecule has 2 heteroatoms. The first-order chi connectivity index (χ1) is 8.74. The largest absolute Gasteiger partial charge is 0.460 e. The van der Waals surface area contributed by atoms with Gasteiger partial charge in [0.2, 0.25) is 0 Å². The van der Waals surface area contributed by atoms with Crippen molar-refractivity contribution in [2.75, 3.05) is 0 Å². The minimum atomic E-state index is -0.342. The first-order valence-corrected chi connectivity index (χ1v) is 7.62. The second-order valence-corrected chi connectivity index (χ2v) is 7.39. The monoisotopic (exact) mass is 264 g/mol. The molecule has 2 aliphatic carbocycles. The molecule has 2 aliphatic rings. The molecule has 3 atom stereocenters. The molecule has 108 valence electrons. The summed E-state index contributed by atoms with van der Waals surface area (Å²) >= 11 is 0. The molecule has 0 N–H and O–H groups in total. The maximum atomic E-state index is 11.3. The van der Waals surface area contributed by atoms with Crippen molar-refractivity contribution >= 4 is 5.97 Å². The van der Waals surface area contributed by atoms with Gasteiger partial charge in [0.15, 0.2) is 0 Å². The van der Waals surface area contributed by atoms with Crippen LogP contribution in [0.3, 0.4) is 0 Å². The highest BCUT2D eigenvalue weighted by molar-refractivity contribution is 5.66. The molecule has 0 radical (unpaired) electrons. The van der Waals surface area contributed by atoms with Crippen LogP contribution in [0.25, 0.3) is 0 Å². The normalized spacial score (nSPS) is 35.7. The predicted molar refractivity (Wildman–Crippen MR) is 77.8 cm³/mol. The van der Waals surface area contributed by atoms with Crippen molar-refractivity contribution in [1.29, 1.82) is 0 Å². The molecule has 0 aromatic carbocycles. The van der Waals surface area contributed by atoms with Crippen molar-refractivity contribution in [2.24, 2.45) is 17.3 Å². The van der Waals surface area contributed by atoms with Gasteiger partial charge in [-0.2, -0.15) is 0 Å². The van der Waals surface area contributed by atoms with E-state index in [4.69, 9.17) is 4.74 Å². The van der Waals surface area contributed by atoms with E-state index in [1.165, 1.54) is 44.6 Å². The van der Waals surface area contributed by atoms with Gasteiger partial charge in [0.05, 0.1) is 0 Å². The van der Waals surface area contributed by atoms with E-state index in [-0.39, 0.29) is 11.6 Å². The zero-order valence-corrected chi connectivity index (χ0v) is 12.9. The van der Waals surface area contributed by atoms with Gasteiger partial charge in [0, 0.05) is 6.92 Å². The number of ether oxygens (including phenoxy) is 1. The molecule has 19 heavy (non-hydrogen) atoms. The summed E-state index contributed by atoms with van der Waals surface area (Å²) < 4.78 is 5.56. The van der Waals surface area contributed by atoms with E-state index >= 15 is 0 Å². The molecule has 0 spiro atoms. The third-order valence-electron chi connectivity index (χ3n) is 5.55. The van der Waals surface area contributed by atoms with Crippen LogP contribution in [0.1, 0.15) is 66.2 Å². The predicted octanol–water partition coefficient (Wildman–Crippen LogP) is 4.49. The molecular weight excluding hydrogens is 236 g/mol. The van der Waals surface area contributed by atoms with Gasteiger partial charge in [-0.15, -0.1) is 0 Å². The zero-order valence-electron chi connectivity index (χ0n) is 12.9. The van der Waals surface area contributed by atoms with Gasteiger partial charge in [0.1, 0.15) is 5.60 Å². The molecule has 2 fully saturated rings. The van der Waals surface area contributed by atoms with Gasteiger partial charge in [-0.25, -0.2) is 0 Å². The number of carbonyl (C=O) groups is 1. The van der Waals surface area contributed by atoms with Crippen molar-refractivity contribution in [3.05, 3.63) is 12.2 Å². The average Bonchev–Trinajstić information content (AvgIpc) is 2.26. The van der Waals surface area contributed by atoms with Gasteiger partial charge in [-0.3, -0.25) is 4.79 Å². The number of fused-ring (bicyclic) bond motifs is 1. The highest BCUT2D eigenvalue weighted by Gasteiger charge is 2.47.